The van der Waals surface area contributed by atoms with Gasteiger partial charge in [0.05, 0.1) is 6.04 Å². The maximum absolute atomic E-state index is 11.6. The summed E-state index contributed by atoms with van der Waals surface area (Å²) >= 11 is 0. The van der Waals surface area contributed by atoms with E-state index in [1.807, 2.05) is 13.8 Å². The number of alkyl carbamates (subject to hydrolysis) is 1. The van der Waals surface area contributed by atoms with Gasteiger partial charge in [-0.3, -0.25) is 14.5 Å². The summed E-state index contributed by atoms with van der Waals surface area (Å²) < 4.78 is 5.32. The molecule has 1 aliphatic carbocycles. The highest BCUT2D eigenvalue weighted by Gasteiger charge is 2.41. The van der Waals surface area contributed by atoms with Crippen LogP contribution in [0.5, 0.6) is 0 Å². The van der Waals surface area contributed by atoms with E-state index < -0.39 is 12.2 Å². The van der Waals surface area contributed by atoms with Crippen LogP contribution < -0.4 is 5.32 Å². The Kier molecular flexibility index (Phi) is 3.87. The summed E-state index contributed by atoms with van der Waals surface area (Å²) in [7, 11) is 0. The van der Waals surface area contributed by atoms with Crippen molar-refractivity contribution in [2.45, 2.75) is 51.3 Å². The first-order chi connectivity index (χ1) is 8.99. The highest BCUT2D eigenvalue weighted by atomic mass is 16.6. The minimum Gasteiger partial charge on any atom is -0.444 e. The third-order valence-corrected chi connectivity index (χ3v) is 3.26. The number of hydrogen-bond acceptors (Lipinski definition) is 4. The predicted octanol–water partition coefficient (Wildman–Crippen LogP) is 0.967. The summed E-state index contributed by atoms with van der Waals surface area (Å²) in [4.78, 5) is 36.1. The van der Waals surface area contributed by atoms with Crippen molar-refractivity contribution in [3.05, 3.63) is 12.2 Å². The smallest absolute Gasteiger partial charge is 0.407 e. The van der Waals surface area contributed by atoms with Gasteiger partial charge in [0.2, 0.25) is 0 Å². The second-order valence-electron chi connectivity index (χ2n) is 5.12. The van der Waals surface area contributed by atoms with Crippen LogP contribution in [0.3, 0.4) is 0 Å². The molecule has 1 fully saturated rings. The molecular weight excluding hydrogens is 248 g/mol. The second-order valence-corrected chi connectivity index (χ2v) is 5.12. The number of hydrogen-bond donors (Lipinski definition) is 1. The average molecular weight is 266 g/mol. The lowest BCUT2D eigenvalue weighted by Gasteiger charge is -2.27. The van der Waals surface area contributed by atoms with Crippen molar-refractivity contribution in [1.29, 1.82) is 0 Å². The molecule has 0 spiro atoms. The topological polar surface area (TPSA) is 75.7 Å². The molecule has 0 aromatic carbocycles. The lowest BCUT2D eigenvalue weighted by atomic mass is 10.2. The average Bonchev–Trinajstić information content (AvgIpc) is 2.85. The van der Waals surface area contributed by atoms with Crippen LogP contribution in [0.25, 0.3) is 0 Å². The minimum atomic E-state index is -0.501. The molecule has 2 atom stereocenters. The maximum Gasteiger partial charge on any atom is 0.407 e. The Morgan fingerprint density at radius 2 is 1.95 bits per heavy atom. The summed E-state index contributed by atoms with van der Waals surface area (Å²) in [5.74, 6) is -0.649. The summed E-state index contributed by atoms with van der Waals surface area (Å²) in [6.07, 6.45) is 3.79. The highest BCUT2D eigenvalue weighted by molar-refractivity contribution is 6.13. The molecular formula is C13H18N2O4. The number of imide groups is 1. The van der Waals surface area contributed by atoms with E-state index in [1.165, 1.54) is 17.1 Å². The zero-order valence-corrected chi connectivity index (χ0v) is 11.1. The number of carbonyl (C=O) groups is 3. The van der Waals surface area contributed by atoms with E-state index in [0.29, 0.717) is 12.8 Å². The molecule has 0 bridgehead atoms. The molecule has 6 nitrogen and oxygen atoms in total. The van der Waals surface area contributed by atoms with Gasteiger partial charge in [0.25, 0.3) is 11.8 Å². The van der Waals surface area contributed by atoms with Gasteiger partial charge in [-0.05, 0) is 33.1 Å². The molecule has 3 amide bonds. The number of nitrogens with zero attached hydrogens (tertiary/aromatic N) is 1. The lowest BCUT2D eigenvalue weighted by Crippen LogP contribution is -2.47. The third kappa shape index (κ3) is 2.94. The van der Waals surface area contributed by atoms with Crippen molar-refractivity contribution in [2.24, 2.45) is 0 Å². The first-order valence-electron chi connectivity index (χ1n) is 6.51. The van der Waals surface area contributed by atoms with Crippen molar-refractivity contribution in [2.75, 3.05) is 0 Å². The molecule has 0 radical (unpaired) electrons. The van der Waals surface area contributed by atoms with E-state index in [0.717, 1.165) is 6.42 Å². The maximum atomic E-state index is 11.6. The summed E-state index contributed by atoms with van der Waals surface area (Å²) in [5, 5.41) is 2.64. The van der Waals surface area contributed by atoms with Crippen molar-refractivity contribution >= 4 is 17.9 Å². The number of nitrogens with one attached hydrogen (secondary N) is 1. The van der Waals surface area contributed by atoms with Crippen LogP contribution in [0.2, 0.25) is 0 Å². The lowest BCUT2D eigenvalue weighted by molar-refractivity contribution is -0.141. The van der Waals surface area contributed by atoms with Gasteiger partial charge in [0.1, 0.15) is 6.10 Å². The van der Waals surface area contributed by atoms with Crippen molar-refractivity contribution in [3.8, 4) is 0 Å². The molecule has 0 saturated heterocycles. The first kappa shape index (κ1) is 13.6. The third-order valence-electron chi connectivity index (χ3n) is 3.26. The van der Waals surface area contributed by atoms with Gasteiger partial charge < -0.3 is 10.1 Å². The fraction of sp³-hybridized carbons (Fsp3) is 0.615. The fourth-order valence-electron chi connectivity index (χ4n) is 2.49. The molecule has 0 unspecified atom stereocenters. The number of carbonyl (C=O) groups excluding carboxylic acids is 3. The minimum absolute atomic E-state index is 0.0101. The largest absolute Gasteiger partial charge is 0.444 e. The number of rotatable bonds is 3. The molecule has 1 saturated carbocycles. The van der Waals surface area contributed by atoms with E-state index >= 15 is 0 Å². The van der Waals surface area contributed by atoms with Crippen LogP contribution in [0, 0.1) is 0 Å². The number of ether oxygens (including phenoxy) is 1. The fourth-order valence-corrected chi connectivity index (χ4v) is 2.49. The summed E-state index contributed by atoms with van der Waals surface area (Å²) in [5.41, 5.74) is 0. The van der Waals surface area contributed by atoms with Gasteiger partial charge in [-0.2, -0.15) is 0 Å². The second kappa shape index (κ2) is 5.42. The molecule has 2 rings (SSSR count). The molecule has 0 aromatic heterocycles. The number of amides is 3. The van der Waals surface area contributed by atoms with Crippen LogP contribution in [0.4, 0.5) is 4.79 Å². The Bertz CT molecular complexity index is 412. The molecule has 19 heavy (non-hydrogen) atoms. The van der Waals surface area contributed by atoms with E-state index in [4.69, 9.17) is 4.74 Å². The van der Waals surface area contributed by atoms with E-state index in [-0.39, 0.29) is 23.9 Å². The van der Waals surface area contributed by atoms with Crippen LogP contribution in [0.1, 0.15) is 33.1 Å². The van der Waals surface area contributed by atoms with Crippen LogP contribution in [0.15, 0.2) is 12.2 Å². The van der Waals surface area contributed by atoms with Crippen LogP contribution >= 0.6 is 0 Å². The highest BCUT2D eigenvalue weighted by Crippen LogP contribution is 2.28. The normalized spacial score (nSPS) is 26.4. The Morgan fingerprint density at radius 1 is 1.32 bits per heavy atom. The summed E-state index contributed by atoms with van der Waals surface area (Å²) in [6, 6.07) is -0.350. The van der Waals surface area contributed by atoms with Crippen molar-refractivity contribution in [3.63, 3.8) is 0 Å². The Balaban J connectivity index is 1.99. The Morgan fingerprint density at radius 3 is 2.53 bits per heavy atom. The molecule has 0 aromatic rings. The Labute approximate surface area is 111 Å². The first-order valence-corrected chi connectivity index (χ1v) is 6.51. The van der Waals surface area contributed by atoms with Gasteiger partial charge in [-0.25, -0.2) is 4.79 Å². The van der Waals surface area contributed by atoms with E-state index in [1.54, 1.807) is 0 Å². The summed E-state index contributed by atoms with van der Waals surface area (Å²) in [6.45, 7) is 3.68. The molecule has 6 heteroatoms. The van der Waals surface area contributed by atoms with Gasteiger partial charge in [-0.1, -0.05) is 0 Å². The zero-order valence-electron chi connectivity index (χ0n) is 11.1. The Hall–Kier alpha value is -1.85. The standard InChI is InChI=1S/C13H18N2O4/c1-8(2)14-13(18)19-10-5-3-4-9(10)15-11(16)6-7-12(15)17/h6-10H,3-5H2,1-2H3,(H,14,18)/t9-,10-/m0/s1. The SMILES string of the molecule is CC(C)NC(=O)O[C@H]1CCC[C@@H]1N1C(=O)C=CC1=O. The van der Waals surface area contributed by atoms with Crippen LogP contribution in [-0.2, 0) is 14.3 Å². The molecule has 2 aliphatic rings. The van der Waals surface area contributed by atoms with Crippen LogP contribution in [-0.4, -0.2) is 41.0 Å². The molecule has 1 heterocycles. The molecule has 1 aliphatic heterocycles. The van der Waals surface area contributed by atoms with Gasteiger partial charge in [-0.15, -0.1) is 0 Å². The monoisotopic (exact) mass is 266 g/mol. The van der Waals surface area contributed by atoms with Crippen molar-refractivity contribution in [1.82, 2.24) is 10.2 Å². The van der Waals surface area contributed by atoms with Gasteiger partial charge in [0.15, 0.2) is 0 Å². The zero-order chi connectivity index (χ0) is 14.0. The predicted molar refractivity (Wildman–Crippen MR) is 67.2 cm³/mol. The van der Waals surface area contributed by atoms with Crippen molar-refractivity contribution < 1.29 is 19.1 Å². The molecule has 1 N–H and O–H groups in total. The quantitative estimate of drug-likeness (QED) is 0.772. The van der Waals surface area contributed by atoms with Gasteiger partial charge in [0, 0.05) is 18.2 Å². The molecule has 104 valence electrons. The van der Waals surface area contributed by atoms with Gasteiger partial charge >= 0.3 is 6.09 Å². The van der Waals surface area contributed by atoms with E-state index in [9.17, 15) is 14.4 Å². The van der Waals surface area contributed by atoms with E-state index in [2.05, 4.69) is 5.32 Å².